The third kappa shape index (κ3) is 4.53. The molecule has 0 radical (unpaired) electrons. The van der Waals surface area contributed by atoms with E-state index >= 15 is 0 Å². The van der Waals surface area contributed by atoms with Gasteiger partial charge in [0.2, 0.25) is 11.7 Å². The van der Waals surface area contributed by atoms with Crippen molar-refractivity contribution in [3.05, 3.63) is 54.8 Å². The van der Waals surface area contributed by atoms with Crippen LogP contribution in [0.25, 0.3) is 43.5 Å². The first-order valence-corrected chi connectivity index (χ1v) is 16.7. The van der Waals surface area contributed by atoms with Gasteiger partial charge in [0, 0.05) is 55.9 Å². The number of rotatable bonds is 3. The van der Waals surface area contributed by atoms with Crippen molar-refractivity contribution in [1.82, 2.24) is 0 Å². The van der Waals surface area contributed by atoms with Gasteiger partial charge in [0.05, 0.1) is 41.8 Å². The van der Waals surface area contributed by atoms with Gasteiger partial charge in [-0.05, 0) is 27.7 Å². The molecule has 1 saturated heterocycles. The topological polar surface area (TPSA) is 266 Å². The maximum atomic E-state index is 13.9. The van der Waals surface area contributed by atoms with Crippen LogP contribution in [0.15, 0.2) is 26.1 Å². The second-order valence-corrected chi connectivity index (χ2v) is 13.8. The number of hydrogen-bond donors (Lipinski definition) is 9. The zero-order valence-electron chi connectivity index (χ0n) is 28.1. The lowest BCUT2D eigenvalue weighted by Gasteiger charge is -2.39. The van der Waals surface area contributed by atoms with Crippen LogP contribution in [-0.2, 0) is 14.2 Å². The minimum absolute atomic E-state index is 0.00426. The fourth-order valence-electron chi connectivity index (χ4n) is 8.26. The SMILES string of the molecule is CC1OC(C)C(O)c2c1c(O)c1c(OC3OC(CO)C(O)C(O)C3O)cc(=O)c3oc4cc(=O)c5c(O)c6c(c(O)c5c4c2c13)C(O)C(C)O[C@@H]6C. The largest absolute Gasteiger partial charge is 0.507 e. The molecule has 16 heteroatoms. The first kappa shape index (κ1) is 34.7. The highest BCUT2D eigenvalue weighted by atomic mass is 16.7. The molecule has 52 heavy (non-hydrogen) atoms. The molecule has 0 amide bonds. The predicted octanol–water partition coefficient (Wildman–Crippen LogP) is 1.37. The Labute approximate surface area is 292 Å². The minimum Gasteiger partial charge on any atom is -0.507 e. The van der Waals surface area contributed by atoms with Crippen molar-refractivity contribution in [2.45, 2.75) is 95.0 Å². The Morgan fingerprint density at radius 2 is 1.19 bits per heavy atom. The Morgan fingerprint density at radius 1 is 0.615 bits per heavy atom. The predicted molar refractivity (Wildman–Crippen MR) is 180 cm³/mol. The summed E-state index contributed by atoms with van der Waals surface area (Å²) in [4.78, 5) is 27.7. The minimum atomic E-state index is -1.90. The molecule has 10 unspecified atom stereocenters. The van der Waals surface area contributed by atoms with E-state index in [1.807, 2.05) is 0 Å². The molecular formula is C36H36O16. The highest BCUT2D eigenvalue weighted by Gasteiger charge is 2.46. The van der Waals surface area contributed by atoms with Crippen molar-refractivity contribution < 1.29 is 69.3 Å². The Hall–Kier alpha value is -4.36. The van der Waals surface area contributed by atoms with Crippen LogP contribution in [0, 0.1) is 0 Å². The van der Waals surface area contributed by atoms with E-state index in [-0.39, 0.29) is 60.2 Å². The van der Waals surface area contributed by atoms with Crippen LogP contribution in [0.4, 0.5) is 0 Å². The van der Waals surface area contributed by atoms with E-state index in [2.05, 4.69) is 0 Å². The van der Waals surface area contributed by atoms with Crippen LogP contribution < -0.4 is 15.6 Å². The third-order valence-corrected chi connectivity index (χ3v) is 10.7. The summed E-state index contributed by atoms with van der Waals surface area (Å²) in [6, 6.07) is 1.92. The van der Waals surface area contributed by atoms with E-state index in [9.17, 15) is 55.5 Å². The molecule has 9 N–H and O–H groups in total. The molecule has 1 aromatic heterocycles. The summed E-state index contributed by atoms with van der Waals surface area (Å²) in [5, 5.41) is 98.8. The maximum absolute atomic E-state index is 13.9. The molecule has 8 rings (SSSR count). The van der Waals surface area contributed by atoms with Crippen LogP contribution in [0.2, 0.25) is 0 Å². The van der Waals surface area contributed by atoms with E-state index in [0.717, 1.165) is 12.1 Å². The van der Waals surface area contributed by atoms with E-state index in [1.54, 1.807) is 27.7 Å². The van der Waals surface area contributed by atoms with Gasteiger partial charge in [-0.2, -0.15) is 0 Å². The molecule has 0 bridgehead atoms. The highest BCUT2D eigenvalue weighted by Crippen LogP contribution is 2.56. The third-order valence-electron chi connectivity index (χ3n) is 10.7. The van der Waals surface area contributed by atoms with Crippen LogP contribution in [0.1, 0.15) is 74.4 Å². The molecule has 1 fully saturated rings. The normalized spacial score (nSPS) is 32.1. The summed E-state index contributed by atoms with van der Waals surface area (Å²) in [7, 11) is 0. The van der Waals surface area contributed by atoms with Crippen molar-refractivity contribution in [1.29, 1.82) is 0 Å². The summed E-state index contributed by atoms with van der Waals surface area (Å²) < 4.78 is 29.3. The second kappa shape index (κ2) is 11.8. The van der Waals surface area contributed by atoms with Gasteiger partial charge >= 0.3 is 0 Å². The van der Waals surface area contributed by atoms with Crippen molar-refractivity contribution in [2.75, 3.05) is 6.61 Å². The van der Waals surface area contributed by atoms with Gasteiger partial charge in [0.1, 0.15) is 65.2 Å². The quantitative estimate of drug-likeness (QED) is 0.0723. The standard InChI is InChI=1S/C36H36O16/c1-8-17-23(27(40)10(3)48-8)22-20-14(5-12(38)19-24(20)32(45)26-18(30(19)43)9(2)49-11(4)28(26)41)50-35-13(39)6-15(21(25(22)35)31(17)44)51-36-34(47)33(46)29(42)16(7-37)52-36/h5-6,8-11,16,27-29,33-34,36-37,40-47H,7H2,1-4H3/t8?,9-,10?,11?,16?,27?,28?,29?,33?,34?,36?/m1/s1. The molecule has 5 aromatic rings. The van der Waals surface area contributed by atoms with Crippen molar-refractivity contribution in [3.63, 3.8) is 0 Å². The molecule has 0 saturated carbocycles. The van der Waals surface area contributed by atoms with E-state index in [1.165, 1.54) is 0 Å². The first-order valence-electron chi connectivity index (χ1n) is 16.7. The number of hydrogen-bond acceptors (Lipinski definition) is 16. The summed E-state index contributed by atoms with van der Waals surface area (Å²) in [5.41, 5.74) is -2.35. The van der Waals surface area contributed by atoms with Crippen LogP contribution in [-0.4, -0.2) is 95.5 Å². The molecule has 4 aromatic carbocycles. The number of aliphatic hydroxyl groups excluding tert-OH is 6. The van der Waals surface area contributed by atoms with E-state index in [4.69, 9.17) is 23.4 Å². The zero-order chi connectivity index (χ0) is 37.4. The molecule has 11 atom stereocenters. The Bertz CT molecular complexity index is 2420. The molecule has 4 heterocycles. The summed E-state index contributed by atoms with van der Waals surface area (Å²) in [6.07, 6.45) is -15.1. The van der Waals surface area contributed by atoms with Gasteiger partial charge in [-0.1, -0.05) is 0 Å². The summed E-state index contributed by atoms with van der Waals surface area (Å²) in [5.74, 6) is -2.11. The zero-order valence-corrected chi connectivity index (χ0v) is 28.1. The van der Waals surface area contributed by atoms with Gasteiger partial charge in [0.15, 0.2) is 11.0 Å². The number of phenols is 3. The number of ether oxygens (including phenoxy) is 4. The molecule has 276 valence electrons. The molecular weight excluding hydrogens is 688 g/mol. The van der Waals surface area contributed by atoms with Gasteiger partial charge in [-0.15, -0.1) is 0 Å². The lowest BCUT2D eigenvalue weighted by atomic mass is 9.82. The smallest absolute Gasteiger partial charge is 0.229 e. The fraction of sp³-hybridized carbons (Fsp3) is 0.444. The van der Waals surface area contributed by atoms with Crippen LogP contribution >= 0.6 is 0 Å². The lowest BCUT2D eigenvalue weighted by molar-refractivity contribution is -0.277. The molecule has 0 aliphatic carbocycles. The molecule has 0 spiro atoms. The van der Waals surface area contributed by atoms with Crippen molar-refractivity contribution in [2.24, 2.45) is 0 Å². The molecule has 3 aliphatic rings. The number of benzene rings is 4. The van der Waals surface area contributed by atoms with E-state index < -0.39 is 113 Å². The molecule has 3 aliphatic heterocycles. The number of aromatic hydroxyl groups is 3. The van der Waals surface area contributed by atoms with E-state index in [0.29, 0.717) is 0 Å². The Balaban J connectivity index is 1.57. The van der Waals surface area contributed by atoms with Crippen LogP contribution in [0.5, 0.6) is 23.0 Å². The number of phenolic OH excluding ortho intramolecular Hbond substituents is 3. The number of fused-ring (bicyclic) bond motifs is 7. The number of aliphatic hydroxyl groups is 6. The Kier molecular flexibility index (Phi) is 7.89. The van der Waals surface area contributed by atoms with Gasteiger partial charge < -0.3 is 69.3 Å². The fourth-order valence-corrected chi connectivity index (χ4v) is 8.26. The average molecular weight is 725 g/mol. The maximum Gasteiger partial charge on any atom is 0.229 e. The summed E-state index contributed by atoms with van der Waals surface area (Å²) >= 11 is 0. The average Bonchev–Trinajstić information content (AvgIpc) is 3.09. The van der Waals surface area contributed by atoms with Crippen molar-refractivity contribution >= 4 is 43.5 Å². The summed E-state index contributed by atoms with van der Waals surface area (Å²) in [6.45, 7) is 5.55. The van der Waals surface area contributed by atoms with Gasteiger partial charge in [-0.25, -0.2) is 0 Å². The van der Waals surface area contributed by atoms with Gasteiger partial charge in [0.25, 0.3) is 0 Å². The van der Waals surface area contributed by atoms with Gasteiger partial charge in [-0.3, -0.25) is 9.59 Å². The second-order valence-electron chi connectivity index (χ2n) is 13.8. The highest BCUT2D eigenvalue weighted by molar-refractivity contribution is 6.29. The van der Waals surface area contributed by atoms with Crippen LogP contribution in [0.3, 0.4) is 0 Å². The Morgan fingerprint density at radius 3 is 1.83 bits per heavy atom. The lowest BCUT2D eigenvalue weighted by Crippen LogP contribution is -2.60. The monoisotopic (exact) mass is 724 g/mol. The van der Waals surface area contributed by atoms with Crippen molar-refractivity contribution in [3.8, 4) is 23.0 Å². The first-order chi connectivity index (χ1) is 24.6. The molecule has 16 nitrogen and oxygen atoms in total.